The van der Waals surface area contributed by atoms with Crippen molar-refractivity contribution in [3.05, 3.63) is 54.4 Å². The molecule has 1 N–H and O–H groups in total. The van der Waals surface area contributed by atoms with Gasteiger partial charge < -0.3 is 10.1 Å². The largest absolute Gasteiger partial charge is 0.492 e. The first-order valence-corrected chi connectivity index (χ1v) is 7.78. The average molecular weight is 321 g/mol. The molecule has 6 heteroatoms. The normalized spacial score (nSPS) is 10.5. The molecular weight excluding hydrogens is 302 g/mol. The molecule has 0 fully saturated rings. The Morgan fingerprint density at radius 2 is 1.79 bits per heavy atom. The number of nitrogens with one attached hydrogen (secondary N) is 1. The van der Waals surface area contributed by atoms with Gasteiger partial charge in [-0.3, -0.25) is 4.98 Å². The lowest BCUT2D eigenvalue weighted by Crippen LogP contribution is -1.99. The molecule has 122 valence electrons. The Hall–Kier alpha value is -3.02. The first-order chi connectivity index (χ1) is 11.7. The lowest BCUT2D eigenvalue weighted by atomic mass is 10.1. The summed E-state index contributed by atoms with van der Waals surface area (Å²) in [4.78, 5) is 17.2. The molecule has 6 nitrogen and oxygen atoms in total. The Kier molecular flexibility index (Phi) is 4.65. The highest BCUT2D eigenvalue weighted by atomic mass is 16.5. The van der Waals surface area contributed by atoms with Crippen molar-refractivity contribution in [3.63, 3.8) is 0 Å². The zero-order valence-corrected chi connectivity index (χ0v) is 13.9. The van der Waals surface area contributed by atoms with Crippen molar-refractivity contribution in [2.75, 3.05) is 11.9 Å². The van der Waals surface area contributed by atoms with E-state index in [0.29, 0.717) is 24.1 Å². The maximum Gasteiger partial charge on any atom is 0.141 e. The molecule has 3 heterocycles. The SMILES string of the molecule is CCOc1cc(-c2ccnc(Nc3ccnc(C)n3)c2)cnc1C. The molecule has 0 saturated heterocycles. The number of rotatable bonds is 5. The molecule has 3 aromatic heterocycles. The van der Waals surface area contributed by atoms with E-state index in [2.05, 4.69) is 25.3 Å². The Morgan fingerprint density at radius 3 is 2.58 bits per heavy atom. The van der Waals surface area contributed by atoms with Gasteiger partial charge in [0.1, 0.15) is 23.2 Å². The first-order valence-electron chi connectivity index (χ1n) is 7.78. The highest BCUT2D eigenvalue weighted by Crippen LogP contribution is 2.27. The molecule has 0 saturated carbocycles. The van der Waals surface area contributed by atoms with Gasteiger partial charge in [0.05, 0.1) is 12.3 Å². The molecule has 0 aliphatic carbocycles. The van der Waals surface area contributed by atoms with Gasteiger partial charge >= 0.3 is 0 Å². The third kappa shape index (κ3) is 3.65. The lowest BCUT2D eigenvalue weighted by Gasteiger charge is -2.10. The smallest absolute Gasteiger partial charge is 0.141 e. The fraction of sp³-hybridized carbons (Fsp3) is 0.222. The molecule has 3 aromatic rings. The van der Waals surface area contributed by atoms with Crippen molar-refractivity contribution in [2.45, 2.75) is 20.8 Å². The van der Waals surface area contributed by atoms with Crippen molar-refractivity contribution in [3.8, 4) is 16.9 Å². The summed E-state index contributed by atoms with van der Waals surface area (Å²) in [6, 6.07) is 7.71. The minimum atomic E-state index is 0.613. The first kappa shape index (κ1) is 15.9. The average Bonchev–Trinajstić information content (AvgIpc) is 2.57. The number of aryl methyl sites for hydroxylation is 2. The fourth-order valence-corrected chi connectivity index (χ4v) is 2.31. The number of aromatic nitrogens is 4. The number of nitrogens with zero attached hydrogens (tertiary/aromatic N) is 4. The van der Waals surface area contributed by atoms with Gasteiger partial charge in [-0.1, -0.05) is 0 Å². The summed E-state index contributed by atoms with van der Waals surface area (Å²) in [7, 11) is 0. The van der Waals surface area contributed by atoms with Gasteiger partial charge in [0.15, 0.2) is 0 Å². The number of ether oxygens (including phenoxy) is 1. The summed E-state index contributed by atoms with van der Waals surface area (Å²) in [5, 5.41) is 3.19. The molecule has 3 rings (SSSR count). The van der Waals surface area contributed by atoms with Crippen LogP contribution < -0.4 is 10.1 Å². The van der Waals surface area contributed by atoms with Gasteiger partial charge in [-0.15, -0.1) is 0 Å². The van der Waals surface area contributed by atoms with Crippen molar-refractivity contribution in [2.24, 2.45) is 0 Å². The molecule has 0 unspecified atom stereocenters. The summed E-state index contributed by atoms with van der Waals surface area (Å²) in [6.07, 6.45) is 5.31. The van der Waals surface area contributed by atoms with Crippen LogP contribution >= 0.6 is 0 Å². The fourth-order valence-electron chi connectivity index (χ4n) is 2.31. The molecular formula is C18H19N5O. The second kappa shape index (κ2) is 7.04. The van der Waals surface area contributed by atoms with Gasteiger partial charge in [0, 0.05) is 24.2 Å². The van der Waals surface area contributed by atoms with Crippen LogP contribution in [0.25, 0.3) is 11.1 Å². The highest BCUT2D eigenvalue weighted by Gasteiger charge is 2.06. The van der Waals surface area contributed by atoms with Crippen molar-refractivity contribution in [1.82, 2.24) is 19.9 Å². The zero-order chi connectivity index (χ0) is 16.9. The predicted molar refractivity (Wildman–Crippen MR) is 93.4 cm³/mol. The van der Waals surface area contributed by atoms with Crippen LogP contribution in [0.2, 0.25) is 0 Å². The third-order valence-electron chi connectivity index (χ3n) is 3.47. The molecule has 0 spiro atoms. The zero-order valence-electron chi connectivity index (χ0n) is 13.9. The Bertz CT molecular complexity index is 850. The third-order valence-corrected chi connectivity index (χ3v) is 3.47. The topological polar surface area (TPSA) is 72.8 Å². The monoisotopic (exact) mass is 321 g/mol. The van der Waals surface area contributed by atoms with Crippen LogP contribution in [-0.2, 0) is 0 Å². The van der Waals surface area contributed by atoms with E-state index < -0.39 is 0 Å². The molecule has 0 aliphatic heterocycles. The van der Waals surface area contributed by atoms with E-state index in [-0.39, 0.29) is 0 Å². The summed E-state index contributed by atoms with van der Waals surface area (Å²) in [6.45, 7) is 6.36. The van der Waals surface area contributed by atoms with Crippen molar-refractivity contribution >= 4 is 11.6 Å². The van der Waals surface area contributed by atoms with Crippen LogP contribution in [0.15, 0.2) is 42.9 Å². The maximum atomic E-state index is 5.63. The Morgan fingerprint density at radius 1 is 0.958 bits per heavy atom. The van der Waals surface area contributed by atoms with Crippen LogP contribution in [0.1, 0.15) is 18.4 Å². The Labute approximate surface area is 141 Å². The molecule has 0 amide bonds. The van der Waals surface area contributed by atoms with Crippen LogP contribution in [0.5, 0.6) is 5.75 Å². The van der Waals surface area contributed by atoms with Gasteiger partial charge in [0.25, 0.3) is 0 Å². The number of hydrogen-bond acceptors (Lipinski definition) is 6. The highest BCUT2D eigenvalue weighted by molar-refractivity contribution is 5.68. The van der Waals surface area contributed by atoms with E-state index in [0.717, 1.165) is 22.6 Å². The lowest BCUT2D eigenvalue weighted by molar-refractivity contribution is 0.336. The molecule has 24 heavy (non-hydrogen) atoms. The van der Waals surface area contributed by atoms with Crippen LogP contribution in [0.4, 0.5) is 11.6 Å². The minimum Gasteiger partial charge on any atom is -0.492 e. The molecule has 0 aliphatic rings. The van der Waals surface area contributed by atoms with E-state index in [4.69, 9.17) is 4.74 Å². The van der Waals surface area contributed by atoms with Gasteiger partial charge in [-0.05, 0) is 50.6 Å². The van der Waals surface area contributed by atoms with Gasteiger partial charge in [-0.2, -0.15) is 0 Å². The van der Waals surface area contributed by atoms with Crippen LogP contribution in [-0.4, -0.2) is 26.5 Å². The molecule has 0 atom stereocenters. The second-order valence-electron chi connectivity index (χ2n) is 5.28. The van der Waals surface area contributed by atoms with E-state index in [1.54, 1.807) is 12.4 Å². The van der Waals surface area contributed by atoms with E-state index >= 15 is 0 Å². The summed E-state index contributed by atoms with van der Waals surface area (Å²) in [5.41, 5.74) is 2.87. The summed E-state index contributed by atoms with van der Waals surface area (Å²) in [5.74, 6) is 2.93. The van der Waals surface area contributed by atoms with Crippen molar-refractivity contribution in [1.29, 1.82) is 0 Å². The standard InChI is InChI=1S/C18H19N5O/c1-4-24-16-9-15(11-21-12(16)2)14-5-7-20-18(10-14)23-17-6-8-19-13(3)22-17/h5-11H,4H2,1-3H3,(H,19,20,22,23). The predicted octanol–water partition coefficient (Wildman–Crippen LogP) is 3.69. The van der Waals surface area contributed by atoms with E-state index in [1.807, 2.05) is 51.2 Å². The van der Waals surface area contributed by atoms with Gasteiger partial charge in [-0.25, -0.2) is 15.0 Å². The van der Waals surface area contributed by atoms with Crippen LogP contribution in [0.3, 0.4) is 0 Å². The number of hydrogen-bond donors (Lipinski definition) is 1. The van der Waals surface area contributed by atoms with Crippen molar-refractivity contribution < 1.29 is 4.74 Å². The number of pyridine rings is 2. The number of anilines is 2. The summed E-state index contributed by atoms with van der Waals surface area (Å²) >= 11 is 0. The molecule has 0 radical (unpaired) electrons. The molecule has 0 bridgehead atoms. The second-order valence-corrected chi connectivity index (χ2v) is 5.28. The quantitative estimate of drug-likeness (QED) is 0.772. The van der Waals surface area contributed by atoms with Gasteiger partial charge in [0.2, 0.25) is 0 Å². The molecule has 0 aromatic carbocycles. The minimum absolute atomic E-state index is 0.613. The summed E-state index contributed by atoms with van der Waals surface area (Å²) < 4.78 is 5.63. The Balaban J connectivity index is 1.89. The van der Waals surface area contributed by atoms with E-state index in [1.165, 1.54) is 0 Å². The van der Waals surface area contributed by atoms with Crippen LogP contribution in [0, 0.1) is 13.8 Å². The van der Waals surface area contributed by atoms with E-state index in [9.17, 15) is 0 Å². The maximum absolute atomic E-state index is 5.63.